The SMILES string of the molecule is Cc1cccc(NC(=O)N(C)Cc2ccc(Br)cc2)c1C. The monoisotopic (exact) mass is 346 g/mol. The molecule has 0 bridgehead atoms. The van der Waals surface area contributed by atoms with E-state index in [1.54, 1.807) is 11.9 Å². The van der Waals surface area contributed by atoms with Crippen LogP contribution >= 0.6 is 15.9 Å². The van der Waals surface area contributed by atoms with Gasteiger partial charge in [-0.3, -0.25) is 0 Å². The average Bonchev–Trinajstić information content (AvgIpc) is 2.46. The van der Waals surface area contributed by atoms with Crippen LogP contribution in [-0.4, -0.2) is 18.0 Å². The molecule has 4 heteroatoms. The van der Waals surface area contributed by atoms with E-state index in [9.17, 15) is 4.79 Å². The fraction of sp³-hybridized carbons (Fsp3) is 0.235. The van der Waals surface area contributed by atoms with Crippen molar-refractivity contribution in [1.29, 1.82) is 0 Å². The lowest BCUT2D eigenvalue weighted by Crippen LogP contribution is -2.31. The molecule has 0 aliphatic rings. The Hall–Kier alpha value is -1.81. The van der Waals surface area contributed by atoms with E-state index in [4.69, 9.17) is 0 Å². The van der Waals surface area contributed by atoms with Gasteiger partial charge in [0.1, 0.15) is 0 Å². The van der Waals surface area contributed by atoms with Crippen molar-refractivity contribution in [2.75, 3.05) is 12.4 Å². The molecule has 110 valence electrons. The Morgan fingerprint density at radius 1 is 1.14 bits per heavy atom. The van der Waals surface area contributed by atoms with E-state index in [1.165, 1.54) is 5.56 Å². The first-order chi connectivity index (χ1) is 9.97. The lowest BCUT2D eigenvalue weighted by Gasteiger charge is -2.19. The molecule has 0 fully saturated rings. The van der Waals surface area contributed by atoms with Gasteiger partial charge in [-0.2, -0.15) is 0 Å². The number of nitrogens with one attached hydrogen (secondary N) is 1. The van der Waals surface area contributed by atoms with E-state index in [0.29, 0.717) is 6.54 Å². The summed E-state index contributed by atoms with van der Waals surface area (Å²) in [5, 5.41) is 2.96. The molecule has 0 radical (unpaired) electrons. The molecule has 0 spiro atoms. The van der Waals surface area contributed by atoms with E-state index in [1.807, 2.05) is 56.3 Å². The van der Waals surface area contributed by atoms with Gasteiger partial charge in [0.15, 0.2) is 0 Å². The molecule has 0 aliphatic heterocycles. The van der Waals surface area contributed by atoms with Gasteiger partial charge in [0, 0.05) is 23.8 Å². The summed E-state index contributed by atoms with van der Waals surface area (Å²) in [5.41, 5.74) is 4.23. The Morgan fingerprint density at radius 3 is 2.48 bits per heavy atom. The Labute approximate surface area is 134 Å². The summed E-state index contributed by atoms with van der Waals surface area (Å²) in [6.07, 6.45) is 0. The number of carbonyl (C=O) groups excluding carboxylic acids is 1. The van der Waals surface area contributed by atoms with E-state index >= 15 is 0 Å². The van der Waals surface area contributed by atoms with Crippen molar-refractivity contribution in [2.24, 2.45) is 0 Å². The largest absolute Gasteiger partial charge is 0.323 e. The quantitative estimate of drug-likeness (QED) is 0.855. The lowest BCUT2D eigenvalue weighted by atomic mass is 10.1. The highest BCUT2D eigenvalue weighted by Crippen LogP contribution is 2.18. The average molecular weight is 347 g/mol. The number of hydrogen-bond acceptors (Lipinski definition) is 1. The summed E-state index contributed by atoms with van der Waals surface area (Å²) >= 11 is 3.41. The molecule has 0 saturated carbocycles. The van der Waals surface area contributed by atoms with Crippen molar-refractivity contribution >= 4 is 27.6 Å². The number of halogens is 1. The van der Waals surface area contributed by atoms with Gasteiger partial charge in [0.25, 0.3) is 0 Å². The van der Waals surface area contributed by atoms with Gasteiger partial charge >= 0.3 is 6.03 Å². The number of benzene rings is 2. The van der Waals surface area contributed by atoms with Crippen molar-refractivity contribution in [3.63, 3.8) is 0 Å². The van der Waals surface area contributed by atoms with Crippen molar-refractivity contribution in [2.45, 2.75) is 20.4 Å². The summed E-state index contributed by atoms with van der Waals surface area (Å²) < 4.78 is 1.04. The third-order valence-corrected chi connectivity index (χ3v) is 4.05. The standard InChI is InChI=1S/C17H19BrN2O/c1-12-5-4-6-16(13(12)2)19-17(21)20(3)11-14-7-9-15(18)10-8-14/h4-10H,11H2,1-3H3,(H,19,21). The van der Waals surface area contributed by atoms with Crippen LogP contribution in [-0.2, 0) is 6.54 Å². The van der Waals surface area contributed by atoms with Gasteiger partial charge in [-0.1, -0.05) is 40.2 Å². The first-order valence-electron chi connectivity index (χ1n) is 6.80. The number of hydrogen-bond donors (Lipinski definition) is 1. The maximum absolute atomic E-state index is 12.3. The molecule has 0 heterocycles. The molecule has 21 heavy (non-hydrogen) atoms. The Balaban J connectivity index is 2.02. The topological polar surface area (TPSA) is 32.3 Å². The predicted molar refractivity (Wildman–Crippen MR) is 90.5 cm³/mol. The van der Waals surface area contributed by atoms with Gasteiger partial charge in [-0.25, -0.2) is 4.79 Å². The number of carbonyl (C=O) groups is 1. The van der Waals surface area contributed by atoms with Crippen molar-refractivity contribution in [3.05, 3.63) is 63.6 Å². The van der Waals surface area contributed by atoms with Crippen LogP contribution in [0.4, 0.5) is 10.5 Å². The Morgan fingerprint density at radius 2 is 1.81 bits per heavy atom. The number of anilines is 1. The van der Waals surface area contributed by atoms with Crippen LogP contribution in [0.5, 0.6) is 0 Å². The minimum absolute atomic E-state index is 0.105. The smallest absolute Gasteiger partial charge is 0.321 e. The van der Waals surface area contributed by atoms with Crippen LogP contribution in [0.3, 0.4) is 0 Å². The third-order valence-electron chi connectivity index (χ3n) is 3.53. The molecular weight excluding hydrogens is 328 g/mol. The van der Waals surface area contributed by atoms with Crippen LogP contribution in [0.2, 0.25) is 0 Å². The Kier molecular flexibility index (Phi) is 5.02. The number of nitrogens with zero attached hydrogens (tertiary/aromatic N) is 1. The third kappa shape index (κ3) is 4.08. The minimum Gasteiger partial charge on any atom is -0.323 e. The fourth-order valence-corrected chi connectivity index (χ4v) is 2.30. The van der Waals surface area contributed by atoms with Gasteiger partial charge < -0.3 is 10.2 Å². The minimum atomic E-state index is -0.105. The molecule has 2 aromatic rings. The lowest BCUT2D eigenvalue weighted by molar-refractivity contribution is 0.220. The summed E-state index contributed by atoms with van der Waals surface area (Å²) in [4.78, 5) is 13.9. The molecule has 2 rings (SSSR count). The van der Waals surface area contributed by atoms with Crippen molar-refractivity contribution < 1.29 is 4.79 Å². The summed E-state index contributed by atoms with van der Waals surface area (Å²) in [6, 6.07) is 13.8. The molecule has 2 amide bonds. The first-order valence-corrected chi connectivity index (χ1v) is 7.59. The van der Waals surface area contributed by atoms with E-state index in [2.05, 4.69) is 21.2 Å². The maximum Gasteiger partial charge on any atom is 0.321 e. The number of amides is 2. The van der Waals surface area contributed by atoms with Gasteiger partial charge in [0.05, 0.1) is 0 Å². The van der Waals surface area contributed by atoms with Gasteiger partial charge in [-0.05, 0) is 48.7 Å². The van der Waals surface area contributed by atoms with Crippen LogP contribution in [0.25, 0.3) is 0 Å². The van der Waals surface area contributed by atoms with Crippen molar-refractivity contribution in [1.82, 2.24) is 4.90 Å². The van der Waals surface area contributed by atoms with Crippen LogP contribution in [0, 0.1) is 13.8 Å². The summed E-state index contributed by atoms with van der Waals surface area (Å²) in [7, 11) is 1.79. The highest BCUT2D eigenvalue weighted by Gasteiger charge is 2.11. The van der Waals surface area contributed by atoms with Gasteiger partial charge in [-0.15, -0.1) is 0 Å². The molecular formula is C17H19BrN2O. The molecule has 0 unspecified atom stereocenters. The zero-order valence-corrected chi connectivity index (χ0v) is 14.1. The second kappa shape index (κ2) is 6.76. The molecule has 0 aliphatic carbocycles. The fourth-order valence-electron chi connectivity index (χ4n) is 2.03. The van der Waals surface area contributed by atoms with E-state index < -0.39 is 0 Å². The molecule has 0 atom stereocenters. The zero-order chi connectivity index (χ0) is 15.4. The van der Waals surface area contributed by atoms with E-state index in [0.717, 1.165) is 21.3 Å². The number of rotatable bonds is 3. The maximum atomic E-state index is 12.3. The van der Waals surface area contributed by atoms with E-state index in [-0.39, 0.29) is 6.03 Å². The zero-order valence-electron chi connectivity index (χ0n) is 12.5. The normalized spacial score (nSPS) is 10.3. The second-order valence-electron chi connectivity index (χ2n) is 5.16. The summed E-state index contributed by atoms with van der Waals surface area (Å²) in [6.45, 7) is 4.63. The number of urea groups is 1. The molecule has 1 N–H and O–H groups in total. The Bertz CT molecular complexity index is 638. The summed E-state index contributed by atoms with van der Waals surface area (Å²) in [5.74, 6) is 0. The van der Waals surface area contributed by atoms with Crippen molar-refractivity contribution in [3.8, 4) is 0 Å². The molecule has 3 nitrogen and oxygen atoms in total. The van der Waals surface area contributed by atoms with Crippen LogP contribution in [0.15, 0.2) is 46.9 Å². The highest BCUT2D eigenvalue weighted by atomic mass is 79.9. The van der Waals surface area contributed by atoms with Crippen LogP contribution in [0.1, 0.15) is 16.7 Å². The highest BCUT2D eigenvalue weighted by molar-refractivity contribution is 9.10. The predicted octanol–water partition coefficient (Wildman–Crippen LogP) is 4.73. The first kappa shape index (κ1) is 15.6. The van der Waals surface area contributed by atoms with Gasteiger partial charge in [0.2, 0.25) is 0 Å². The molecule has 0 saturated heterocycles. The van der Waals surface area contributed by atoms with Crippen LogP contribution < -0.4 is 5.32 Å². The molecule has 2 aromatic carbocycles. The molecule has 0 aromatic heterocycles. The number of aryl methyl sites for hydroxylation is 1. The second-order valence-corrected chi connectivity index (χ2v) is 6.08.